The van der Waals surface area contributed by atoms with Crippen molar-refractivity contribution < 1.29 is 4.74 Å². The molecule has 1 atom stereocenters. The monoisotopic (exact) mass is 496 g/mol. The summed E-state index contributed by atoms with van der Waals surface area (Å²) in [5.41, 5.74) is 2.04. The summed E-state index contributed by atoms with van der Waals surface area (Å²) in [7, 11) is 2.02. The van der Waals surface area contributed by atoms with E-state index in [-0.39, 0.29) is 6.10 Å². The molecule has 0 aliphatic carbocycles. The van der Waals surface area contributed by atoms with Crippen molar-refractivity contribution in [2.24, 2.45) is 0 Å². The molecule has 1 aliphatic heterocycles. The third-order valence-corrected chi connectivity index (χ3v) is 6.67. The van der Waals surface area contributed by atoms with Crippen LogP contribution < -0.4 is 0 Å². The van der Waals surface area contributed by atoms with Gasteiger partial charge in [-0.1, -0.05) is 40.9 Å². The number of rotatable bonds is 7. The Bertz CT molecular complexity index is 1110. The Kier molecular flexibility index (Phi) is 7.37. The molecule has 0 saturated carbocycles. The maximum Gasteiger partial charge on any atom is 0.199 e. The van der Waals surface area contributed by atoms with Gasteiger partial charge in [0.2, 0.25) is 0 Å². The first kappa shape index (κ1) is 22.8. The van der Waals surface area contributed by atoms with Crippen LogP contribution in [0.3, 0.4) is 0 Å². The molecule has 0 radical (unpaired) electrons. The van der Waals surface area contributed by atoms with Gasteiger partial charge in [-0.3, -0.25) is 9.47 Å². The van der Waals surface area contributed by atoms with Crippen molar-refractivity contribution in [2.45, 2.75) is 38.7 Å². The molecule has 2 heterocycles. The van der Waals surface area contributed by atoms with Gasteiger partial charge in [0.25, 0.3) is 0 Å². The van der Waals surface area contributed by atoms with E-state index in [1.54, 1.807) is 0 Å². The van der Waals surface area contributed by atoms with E-state index in [2.05, 4.69) is 9.47 Å². The normalized spacial score (nSPS) is 16.4. The van der Waals surface area contributed by atoms with E-state index in [1.807, 2.05) is 54.2 Å². The molecule has 0 bridgehead atoms. The molecule has 1 fully saturated rings. The van der Waals surface area contributed by atoms with Gasteiger partial charge in [0.05, 0.1) is 29.4 Å². The van der Waals surface area contributed by atoms with E-state index in [0.717, 1.165) is 36.4 Å². The number of halogens is 3. The van der Waals surface area contributed by atoms with Crippen LogP contribution in [-0.4, -0.2) is 39.0 Å². The van der Waals surface area contributed by atoms with Gasteiger partial charge in [-0.2, -0.15) is 5.10 Å². The summed E-state index contributed by atoms with van der Waals surface area (Å²) >= 11 is 24.1. The molecule has 164 valence electrons. The topological polar surface area (TPSA) is 35.2 Å². The fraction of sp³-hybridized carbons (Fsp3) is 0.364. The van der Waals surface area contributed by atoms with Gasteiger partial charge in [-0.25, -0.2) is 4.68 Å². The molecule has 0 amide bonds. The lowest BCUT2D eigenvalue weighted by atomic mass is 10.2. The summed E-state index contributed by atoms with van der Waals surface area (Å²) in [5, 5.41) is 6.64. The van der Waals surface area contributed by atoms with Gasteiger partial charge in [0.1, 0.15) is 0 Å². The minimum atomic E-state index is 0.157. The quantitative estimate of drug-likeness (QED) is 0.358. The first-order chi connectivity index (χ1) is 14.9. The van der Waals surface area contributed by atoms with E-state index in [9.17, 15) is 0 Å². The summed E-state index contributed by atoms with van der Waals surface area (Å²) in [4.78, 5) is 2.13. The molecule has 0 N–H and O–H groups in total. The highest BCUT2D eigenvalue weighted by atomic mass is 35.5. The predicted molar refractivity (Wildman–Crippen MR) is 128 cm³/mol. The molecule has 4 rings (SSSR count). The Morgan fingerprint density at radius 2 is 1.90 bits per heavy atom. The lowest BCUT2D eigenvalue weighted by molar-refractivity contribution is 0.0967. The summed E-state index contributed by atoms with van der Waals surface area (Å²) < 4.78 is 10.4. The van der Waals surface area contributed by atoms with Gasteiger partial charge in [0.15, 0.2) is 10.6 Å². The van der Waals surface area contributed by atoms with Crippen molar-refractivity contribution in [1.29, 1.82) is 0 Å². The first-order valence-electron chi connectivity index (χ1n) is 10.1. The summed E-state index contributed by atoms with van der Waals surface area (Å²) in [6, 6.07) is 13.3. The van der Waals surface area contributed by atoms with Crippen molar-refractivity contribution >= 4 is 47.0 Å². The first-order valence-corrected chi connectivity index (χ1v) is 11.6. The Morgan fingerprint density at radius 3 is 2.58 bits per heavy atom. The van der Waals surface area contributed by atoms with Gasteiger partial charge < -0.3 is 4.74 Å². The fourth-order valence-corrected chi connectivity index (χ4v) is 4.44. The Labute approximate surface area is 202 Å². The van der Waals surface area contributed by atoms with Crippen LogP contribution in [-0.2, 0) is 24.5 Å². The standard InChI is InChI=1S/C22H23Cl3N4OS/c1-27(12-15-4-9-19(24)20(25)11-15)14-29-22(31)28(13-18-3-2-10-30-18)21(26-29)16-5-7-17(23)8-6-16/h4-9,11,18H,2-3,10,12-14H2,1H3. The number of aromatic nitrogens is 3. The van der Waals surface area contributed by atoms with E-state index in [4.69, 9.17) is 56.9 Å². The average molecular weight is 498 g/mol. The predicted octanol–water partition coefficient (Wildman–Crippen LogP) is 6.31. The molecular formula is C22H23Cl3N4OS. The van der Waals surface area contributed by atoms with Crippen LogP contribution in [0.15, 0.2) is 42.5 Å². The van der Waals surface area contributed by atoms with E-state index < -0.39 is 0 Å². The highest BCUT2D eigenvalue weighted by molar-refractivity contribution is 7.71. The Balaban J connectivity index is 1.59. The number of hydrogen-bond donors (Lipinski definition) is 0. The lowest BCUT2D eigenvalue weighted by Gasteiger charge is -2.17. The second-order valence-corrected chi connectivity index (χ2v) is 9.38. The van der Waals surface area contributed by atoms with Crippen LogP contribution in [0.5, 0.6) is 0 Å². The average Bonchev–Trinajstić information content (AvgIpc) is 3.35. The van der Waals surface area contributed by atoms with E-state index >= 15 is 0 Å². The molecule has 3 aromatic rings. The van der Waals surface area contributed by atoms with Crippen molar-refractivity contribution in [3.63, 3.8) is 0 Å². The summed E-state index contributed by atoms with van der Waals surface area (Å²) in [5.74, 6) is 0.820. The number of hydrogen-bond acceptors (Lipinski definition) is 4. The number of ether oxygens (including phenoxy) is 1. The van der Waals surface area contributed by atoms with Crippen LogP contribution in [0.1, 0.15) is 18.4 Å². The van der Waals surface area contributed by atoms with E-state index in [0.29, 0.717) is 39.6 Å². The molecular weight excluding hydrogens is 475 g/mol. The summed E-state index contributed by atoms with van der Waals surface area (Å²) in [6.45, 7) is 2.72. The van der Waals surface area contributed by atoms with Gasteiger partial charge in [-0.15, -0.1) is 0 Å². The van der Waals surface area contributed by atoms with Crippen molar-refractivity contribution in [2.75, 3.05) is 13.7 Å². The Morgan fingerprint density at radius 1 is 1.13 bits per heavy atom. The molecule has 2 aromatic carbocycles. The van der Waals surface area contributed by atoms with Crippen LogP contribution in [0, 0.1) is 4.77 Å². The van der Waals surface area contributed by atoms with Crippen LogP contribution >= 0.6 is 47.0 Å². The second-order valence-electron chi connectivity index (χ2n) is 7.76. The maximum absolute atomic E-state index is 6.16. The van der Waals surface area contributed by atoms with Crippen molar-refractivity contribution in [1.82, 2.24) is 19.2 Å². The molecule has 0 spiro atoms. The highest BCUT2D eigenvalue weighted by Crippen LogP contribution is 2.25. The molecule has 1 aromatic heterocycles. The van der Waals surface area contributed by atoms with E-state index in [1.165, 1.54) is 0 Å². The molecule has 1 aliphatic rings. The van der Waals surface area contributed by atoms with Crippen LogP contribution in [0.2, 0.25) is 15.1 Å². The van der Waals surface area contributed by atoms with Gasteiger partial charge in [0, 0.05) is 23.7 Å². The van der Waals surface area contributed by atoms with Crippen molar-refractivity contribution in [3.05, 3.63) is 67.9 Å². The Hall–Kier alpha value is -1.41. The van der Waals surface area contributed by atoms with Crippen LogP contribution in [0.25, 0.3) is 11.4 Å². The summed E-state index contributed by atoms with van der Waals surface area (Å²) in [6.07, 6.45) is 2.27. The molecule has 5 nitrogen and oxygen atoms in total. The third kappa shape index (κ3) is 5.51. The van der Waals surface area contributed by atoms with Gasteiger partial charge >= 0.3 is 0 Å². The van der Waals surface area contributed by atoms with Gasteiger partial charge in [-0.05, 0) is 74.1 Å². The minimum absolute atomic E-state index is 0.157. The molecule has 9 heteroatoms. The van der Waals surface area contributed by atoms with Crippen LogP contribution in [0.4, 0.5) is 0 Å². The highest BCUT2D eigenvalue weighted by Gasteiger charge is 2.21. The number of benzene rings is 2. The van der Waals surface area contributed by atoms with Crippen molar-refractivity contribution in [3.8, 4) is 11.4 Å². The maximum atomic E-state index is 6.16. The molecule has 31 heavy (non-hydrogen) atoms. The smallest absolute Gasteiger partial charge is 0.199 e. The number of nitrogens with zero attached hydrogens (tertiary/aromatic N) is 4. The second kappa shape index (κ2) is 10.0. The largest absolute Gasteiger partial charge is 0.376 e. The zero-order valence-corrected chi connectivity index (χ0v) is 20.2. The zero-order chi connectivity index (χ0) is 22.0. The third-order valence-electron chi connectivity index (χ3n) is 5.25. The molecule has 1 saturated heterocycles. The lowest BCUT2D eigenvalue weighted by Crippen LogP contribution is -2.23. The SMILES string of the molecule is CN(Cc1ccc(Cl)c(Cl)c1)Cn1nc(-c2ccc(Cl)cc2)n(CC2CCCO2)c1=S. The molecule has 1 unspecified atom stereocenters. The minimum Gasteiger partial charge on any atom is -0.376 e. The zero-order valence-electron chi connectivity index (χ0n) is 17.1. The fourth-order valence-electron chi connectivity index (χ4n) is 3.73.